The maximum atomic E-state index is 11.3. The van der Waals surface area contributed by atoms with E-state index < -0.39 is 5.97 Å². The van der Waals surface area contributed by atoms with Crippen LogP contribution in [0.4, 0.5) is 17.1 Å². The number of carboxylic acids is 1. The Kier molecular flexibility index (Phi) is 6.99. The molecule has 0 unspecified atom stereocenters. The number of nitrogens with zero attached hydrogens (tertiary/aromatic N) is 1. The molecule has 0 saturated carbocycles. The first kappa shape index (κ1) is 25.7. The Labute approximate surface area is 239 Å². The molecule has 1 N–H and O–H groups in total. The second-order valence-electron chi connectivity index (χ2n) is 9.15. The predicted molar refractivity (Wildman–Crippen MR) is 167 cm³/mol. The fourth-order valence-corrected chi connectivity index (χ4v) is 6.53. The van der Waals surface area contributed by atoms with Crippen molar-refractivity contribution in [3.63, 3.8) is 0 Å². The maximum Gasteiger partial charge on any atom is 0.345 e. The largest absolute Gasteiger partial charge is 0.497 e. The zero-order chi connectivity index (χ0) is 27.6. The molecule has 0 spiro atoms. The lowest BCUT2D eigenvalue weighted by Crippen LogP contribution is -2.09. The van der Waals surface area contributed by atoms with Gasteiger partial charge in [-0.2, -0.15) is 0 Å². The van der Waals surface area contributed by atoms with Crippen LogP contribution in [-0.2, 0) is 0 Å². The summed E-state index contributed by atoms with van der Waals surface area (Å²) in [6.45, 7) is 0. The van der Waals surface area contributed by atoms with E-state index in [4.69, 9.17) is 9.47 Å². The summed E-state index contributed by atoms with van der Waals surface area (Å²) in [5, 5.41) is 11.4. The molecule has 6 aromatic rings. The molecule has 6 rings (SSSR count). The van der Waals surface area contributed by atoms with E-state index in [9.17, 15) is 9.90 Å². The first-order chi connectivity index (χ1) is 19.5. The van der Waals surface area contributed by atoms with Gasteiger partial charge in [0.25, 0.3) is 0 Å². The molecule has 4 aromatic carbocycles. The first-order valence-corrected chi connectivity index (χ1v) is 14.2. The molecular formula is C33H25NO4S2. The zero-order valence-corrected chi connectivity index (χ0v) is 23.5. The van der Waals surface area contributed by atoms with Gasteiger partial charge in [0.2, 0.25) is 0 Å². The molecule has 40 heavy (non-hydrogen) atoms. The lowest BCUT2D eigenvalue weighted by atomic mass is 10.1. The van der Waals surface area contributed by atoms with Crippen molar-refractivity contribution in [3.8, 4) is 11.5 Å². The second kappa shape index (κ2) is 10.9. The number of rotatable bonds is 8. The molecule has 2 heterocycles. The SMILES string of the molecule is COc1ccc(N(c2ccc(/C=C/c3cc4cc5sc(C(=O)O)cc5cc4s3)cc2)c2ccc(OC)cc2)cc1. The number of carbonyl (C=O) groups is 1. The number of ether oxygens (including phenoxy) is 2. The second-order valence-corrected chi connectivity index (χ2v) is 11.3. The molecule has 7 heteroatoms. The van der Waals surface area contributed by atoms with Gasteiger partial charge in [0, 0.05) is 31.3 Å². The lowest BCUT2D eigenvalue weighted by Gasteiger charge is -2.26. The van der Waals surface area contributed by atoms with E-state index in [1.165, 1.54) is 11.3 Å². The normalized spacial score (nSPS) is 11.3. The van der Waals surface area contributed by atoms with Gasteiger partial charge in [-0.3, -0.25) is 0 Å². The third-order valence-corrected chi connectivity index (χ3v) is 8.79. The molecule has 0 radical (unpaired) electrons. The van der Waals surface area contributed by atoms with Gasteiger partial charge < -0.3 is 19.5 Å². The van der Waals surface area contributed by atoms with E-state index in [2.05, 4.69) is 59.5 Å². The summed E-state index contributed by atoms with van der Waals surface area (Å²) in [6, 6.07) is 32.6. The summed E-state index contributed by atoms with van der Waals surface area (Å²) < 4.78 is 12.8. The van der Waals surface area contributed by atoms with Gasteiger partial charge in [-0.15, -0.1) is 22.7 Å². The van der Waals surface area contributed by atoms with E-state index >= 15 is 0 Å². The van der Waals surface area contributed by atoms with Gasteiger partial charge in [-0.25, -0.2) is 4.79 Å². The van der Waals surface area contributed by atoms with Crippen LogP contribution in [0.2, 0.25) is 0 Å². The van der Waals surface area contributed by atoms with Crippen molar-refractivity contribution in [1.29, 1.82) is 0 Å². The number of hydrogen-bond acceptors (Lipinski definition) is 6. The molecule has 0 aliphatic rings. The Morgan fingerprint density at radius 1 is 0.675 bits per heavy atom. The Balaban J connectivity index is 1.27. The van der Waals surface area contributed by atoms with Crippen LogP contribution in [0, 0.1) is 0 Å². The number of anilines is 3. The van der Waals surface area contributed by atoms with Gasteiger partial charge in [0.1, 0.15) is 16.4 Å². The fraction of sp³-hybridized carbons (Fsp3) is 0.0606. The van der Waals surface area contributed by atoms with E-state index in [-0.39, 0.29) is 0 Å². The van der Waals surface area contributed by atoms with Crippen LogP contribution in [-0.4, -0.2) is 25.3 Å². The summed E-state index contributed by atoms with van der Waals surface area (Å²) >= 11 is 3.01. The summed E-state index contributed by atoms with van der Waals surface area (Å²) in [6.07, 6.45) is 4.24. The Hall–Kier alpha value is -4.59. The van der Waals surface area contributed by atoms with Crippen molar-refractivity contribution in [2.24, 2.45) is 0 Å². The average Bonchev–Trinajstić information content (AvgIpc) is 3.59. The fourth-order valence-electron chi connectivity index (χ4n) is 4.60. The van der Waals surface area contributed by atoms with Crippen LogP contribution < -0.4 is 14.4 Å². The number of carboxylic acid groups (broad SMARTS) is 1. The lowest BCUT2D eigenvalue weighted by molar-refractivity contribution is 0.0702. The third-order valence-electron chi connectivity index (χ3n) is 6.64. The summed E-state index contributed by atoms with van der Waals surface area (Å²) in [5.41, 5.74) is 4.18. The zero-order valence-electron chi connectivity index (χ0n) is 21.8. The van der Waals surface area contributed by atoms with E-state index in [0.29, 0.717) is 4.88 Å². The van der Waals surface area contributed by atoms with Crippen molar-refractivity contribution < 1.29 is 19.4 Å². The molecule has 0 saturated heterocycles. The number of aromatic carboxylic acids is 1. The summed E-state index contributed by atoms with van der Waals surface area (Å²) in [4.78, 5) is 15.0. The monoisotopic (exact) mass is 563 g/mol. The highest BCUT2D eigenvalue weighted by Crippen LogP contribution is 2.37. The van der Waals surface area contributed by atoms with Crippen LogP contribution >= 0.6 is 22.7 Å². The summed E-state index contributed by atoms with van der Waals surface area (Å²) in [5.74, 6) is 0.741. The standard InChI is InChI=1S/C33H25NO4S2/c1-37-27-12-8-25(9-13-27)34(26-10-14-28(38-2)15-11-26)24-6-3-21(4-7-24)5-16-29-17-22-18-31-23(19-30(22)39-29)20-32(40-31)33(35)36/h3-20H,1-2H3,(H,35,36)/b16-5+. The van der Waals surface area contributed by atoms with Crippen LogP contribution in [0.15, 0.2) is 97.1 Å². The van der Waals surface area contributed by atoms with Crippen molar-refractivity contribution in [2.75, 3.05) is 19.1 Å². The van der Waals surface area contributed by atoms with Gasteiger partial charge in [0.15, 0.2) is 0 Å². The first-order valence-electron chi connectivity index (χ1n) is 12.6. The van der Waals surface area contributed by atoms with Gasteiger partial charge in [-0.1, -0.05) is 18.2 Å². The van der Waals surface area contributed by atoms with Crippen LogP contribution in [0.1, 0.15) is 20.1 Å². The third kappa shape index (κ3) is 5.17. The van der Waals surface area contributed by atoms with Crippen molar-refractivity contribution >= 4 is 78.0 Å². The van der Waals surface area contributed by atoms with Crippen LogP contribution in [0.25, 0.3) is 32.3 Å². The quantitative estimate of drug-likeness (QED) is 0.200. The number of benzene rings is 4. The highest BCUT2D eigenvalue weighted by Gasteiger charge is 2.13. The Bertz CT molecular complexity index is 1730. The number of hydrogen-bond donors (Lipinski definition) is 1. The van der Waals surface area contributed by atoms with Crippen molar-refractivity contribution in [2.45, 2.75) is 0 Å². The molecule has 0 fully saturated rings. The van der Waals surface area contributed by atoms with Crippen LogP contribution in [0.3, 0.4) is 0 Å². The summed E-state index contributed by atoms with van der Waals surface area (Å²) in [7, 11) is 3.33. The Morgan fingerprint density at radius 3 is 1.70 bits per heavy atom. The number of thiophene rings is 2. The molecule has 0 aliphatic carbocycles. The Morgan fingerprint density at radius 2 is 1.18 bits per heavy atom. The minimum absolute atomic E-state index is 0.369. The molecule has 0 bridgehead atoms. The van der Waals surface area contributed by atoms with Gasteiger partial charge in [-0.05, 0) is 107 Å². The molecule has 5 nitrogen and oxygen atoms in total. The van der Waals surface area contributed by atoms with E-state index in [0.717, 1.165) is 59.2 Å². The minimum atomic E-state index is -0.879. The van der Waals surface area contributed by atoms with E-state index in [1.807, 2.05) is 48.5 Å². The van der Waals surface area contributed by atoms with E-state index in [1.54, 1.807) is 31.6 Å². The molecule has 0 amide bonds. The maximum absolute atomic E-state index is 11.3. The average molecular weight is 564 g/mol. The molecular weight excluding hydrogens is 539 g/mol. The molecule has 0 aliphatic heterocycles. The molecule has 198 valence electrons. The van der Waals surface area contributed by atoms with Gasteiger partial charge >= 0.3 is 5.97 Å². The number of fused-ring (bicyclic) bond motifs is 2. The molecule has 0 atom stereocenters. The molecule has 2 aromatic heterocycles. The number of methoxy groups -OCH3 is 2. The topological polar surface area (TPSA) is 59.0 Å². The minimum Gasteiger partial charge on any atom is -0.497 e. The predicted octanol–water partition coefficient (Wildman–Crippen LogP) is 9.47. The van der Waals surface area contributed by atoms with Crippen LogP contribution in [0.5, 0.6) is 11.5 Å². The van der Waals surface area contributed by atoms with Crippen molar-refractivity contribution in [3.05, 3.63) is 112 Å². The smallest absolute Gasteiger partial charge is 0.345 e. The van der Waals surface area contributed by atoms with Crippen molar-refractivity contribution in [1.82, 2.24) is 0 Å². The van der Waals surface area contributed by atoms with Gasteiger partial charge in [0.05, 0.1) is 14.2 Å². The highest BCUT2D eigenvalue weighted by molar-refractivity contribution is 7.22. The highest BCUT2D eigenvalue weighted by atomic mass is 32.1.